The molecule has 0 aliphatic heterocycles. The van der Waals surface area contributed by atoms with E-state index in [0.29, 0.717) is 0 Å². The van der Waals surface area contributed by atoms with E-state index in [1.165, 1.54) is 16.8 Å². The van der Waals surface area contributed by atoms with E-state index >= 15 is 0 Å². The Morgan fingerprint density at radius 2 is 1.85 bits per heavy atom. The van der Waals surface area contributed by atoms with Crippen molar-refractivity contribution >= 4 is 0 Å². The molecule has 1 atom stereocenters. The summed E-state index contributed by atoms with van der Waals surface area (Å²) in [4.78, 5) is 3.25. The fourth-order valence-corrected chi connectivity index (χ4v) is 1.62. The molecule has 13 heavy (non-hydrogen) atoms. The lowest BCUT2D eigenvalue weighted by atomic mass is 10.1. The van der Waals surface area contributed by atoms with Crippen LogP contribution in [0.3, 0.4) is 0 Å². The molecular weight excluding hydrogens is 162 g/mol. The van der Waals surface area contributed by atoms with Gasteiger partial charge in [0.2, 0.25) is 0 Å². The predicted molar refractivity (Wildman–Crippen MR) is 54.9 cm³/mol. The molecule has 0 spiro atoms. The predicted octanol–water partition coefficient (Wildman–Crippen LogP) is 2.77. The summed E-state index contributed by atoms with van der Waals surface area (Å²) in [6.07, 6.45) is 1.52. The van der Waals surface area contributed by atoms with Gasteiger partial charge in [-0.25, -0.2) is 0 Å². The molecule has 2 N–H and O–H groups in total. The Balaban J connectivity index is 2.94. The van der Waals surface area contributed by atoms with Crippen molar-refractivity contribution in [3.63, 3.8) is 0 Å². The van der Waals surface area contributed by atoms with Crippen molar-refractivity contribution in [2.45, 2.75) is 46.6 Å². The van der Waals surface area contributed by atoms with Crippen LogP contribution in [0.5, 0.6) is 0 Å². The molecule has 2 nitrogen and oxygen atoms in total. The first-order valence-electron chi connectivity index (χ1n) is 4.91. The Labute approximate surface area is 80.0 Å². The molecular formula is C11H19NO. The summed E-state index contributed by atoms with van der Waals surface area (Å²) in [5.74, 6) is 0. The summed E-state index contributed by atoms with van der Waals surface area (Å²) in [7, 11) is 0. The van der Waals surface area contributed by atoms with E-state index in [1.807, 2.05) is 6.92 Å². The monoisotopic (exact) mass is 181 g/mol. The molecule has 0 fully saturated rings. The average molecular weight is 181 g/mol. The normalized spacial score (nSPS) is 13.3. The molecule has 1 aromatic rings. The van der Waals surface area contributed by atoms with Gasteiger partial charge in [0.05, 0.1) is 6.10 Å². The fourth-order valence-electron chi connectivity index (χ4n) is 1.62. The first-order valence-corrected chi connectivity index (χ1v) is 4.91. The van der Waals surface area contributed by atoms with Crippen molar-refractivity contribution < 1.29 is 5.11 Å². The van der Waals surface area contributed by atoms with Gasteiger partial charge in [-0.2, -0.15) is 0 Å². The number of aromatic amines is 1. The lowest BCUT2D eigenvalue weighted by molar-refractivity contribution is 0.161. The zero-order chi connectivity index (χ0) is 10.0. The van der Waals surface area contributed by atoms with Gasteiger partial charge in [0.15, 0.2) is 0 Å². The second kappa shape index (κ2) is 3.97. The van der Waals surface area contributed by atoms with Gasteiger partial charge in [-0.1, -0.05) is 13.3 Å². The minimum atomic E-state index is -0.322. The third kappa shape index (κ3) is 1.94. The summed E-state index contributed by atoms with van der Waals surface area (Å²) < 4.78 is 0. The second-order valence-corrected chi connectivity index (χ2v) is 3.72. The quantitative estimate of drug-likeness (QED) is 0.739. The van der Waals surface area contributed by atoms with Gasteiger partial charge in [-0.15, -0.1) is 0 Å². The van der Waals surface area contributed by atoms with Crippen LogP contribution in [0, 0.1) is 20.8 Å². The van der Waals surface area contributed by atoms with Crippen molar-refractivity contribution in [1.29, 1.82) is 0 Å². The van der Waals surface area contributed by atoms with Crippen molar-refractivity contribution in [3.05, 3.63) is 22.5 Å². The van der Waals surface area contributed by atoms with E-state index in [1.54, 1.807) is 0 Å². The molecule has 0 bridgehead atoms. The maximum absolute atomic E-state index is 9.81. The molecule has 1 rings (SSSR count). The molecule has 2 heteroatoms. The molecule has 0 aliphatic rings. The SMILES string of the molecule is CCCC(O)c1[nH]c(C)c(C)c1C. The second-order valence-electron chi connectivity index (χ2n) is 3.72. The van der Waals surface area contributed by atoms with Crippen molar-refractivity contribution in [2.75, 3.05) is 0 Å². The van der Waals surface area contributed by atoms with Crippen LogP contribution < -0.4 is 0 Å². The minimum Gasteiger partial charge on any atom is -0.387 e. The Morgan fingerprint density at radius 1 is 1.23 bits per heavy atom. The molecule has 1 unspecified atom stereocenters. The highest BCUT2D eigenvalue weighted by atomic mass is 16.3. The number of aromatic nitrogens is 1. The van der Waals surface area contributed by atoms with Crippen molar-refractivity contribution in [2.24, 2.45) is 0 Å². The maximum atomic E-state index is 9.81. The van der Waals surface area contributed by atoms with Gasteiger partial charge in [-0.3, -0.25) is 0 Å². The number of aliphatic hydroxyl groups is 1. The van der Waals surface area contributed by atoms with Crippen molar-refractivity contribution in [3.8, 4) is 0 Å². The molecule has 0 saturated heterocycles. The zero-order valence-corrected chi connectivity index (χ0v) is 8.94. The van der Waals surface area contributed by atoms with Crippen LogP contribution in [0.25, 0.3) is 0 Å². The van der Waals surface area contributed by atoms with E-state index in [-0.39, 0.29) is 6.10 Å². The highest BCUT2D eigenvalue weighted by Gasteiger charge is 2.14. The van der Waals surface area contributed by atoms with Gasteiger partial charge in [0.1, 0.15) is 0 Å². The summed E-state index contributed by atoms with van der Waals surface area (Å²) in [5, 5.41) is 9.81. The van der Waals surface area contributed by atoms with Crippen LogP contribution in [0.15, 0.2) is 0 Å². The molecule has 0 saturated carbocycles. The highest BCUT2D eigenvalue weighted by Crippen LogP contribution is 2.24. The van der Waals surface area contributed by atoms with Crippen LogP contribution in [-0.2, 0) is 0 Å². The topological polar surface area (TPSA) is 36.0 Å². The summed E-state index contributed by atoms with van der Waals surface area (Å²) in [6, 6.07) is 0. The van der Waals surface area contributed by atoms with Crippen LogP contribution in [-0.4, -0.2) is 10.1 Å². The van der Waals surface area contributed by atoms with E-state index in [2.05, 4.69) is 25.8 Å². The summed E-state index contributed by atoms with van der Waals surface area (Å²) in [6.45, 7) is 8.28. The van der Waals surface area contributed by atoms with E-state index in [4.69, 9.17) is 0 Å². The van der Waals surface area contributed by atoms with Crippen LogP contribution in [0.2, 0.25) is 0 Å². The largest absolute Gasteiger partial charge is 0.387 e. The standard InChI is InChI=1S/C11H19NO/c1-5-6-10(13)11-8(3)7(2)9(4)12-11/h10,12-13H,5-6H2,1-4H3. The molecule has 0 aromatic carbocycles. The van der Waals surface area contributed by atoms with Gasteiger partial charge < -0.3 is 10.1 Å². The first kappa shape index (κ1) is 10.3. The third-order valence-corrected chi connectivity index (χ3v) is 2.75. The Kier molecular flexibility index (Phi) is 3.15. The number of aryl methyl sites for hydroxylation is 1. The number of hydrogen-bond acceptors (Lipinski definition) is 1. The zero-order valence-electron chi connectivity index (χ0n) is 8.94. The third-order valence-electron chi connectivity index (χ3n) is 2.75. The van der Waals surface area contributed by atoms with Gasteiger partial charge in [0.25, 0.3) is 0 Å². The van der Waals surface area contributed by atoms with Gasteiger partial charge >= 0.3 is 0 Å². The van der Waals surface area contributed by atoms with E-state index < -0.39 is 0 Å². The smallest absolute Gasteiger partial charge is 0.0940 e. The van der Waals surface area contributed by atoms with Gasteiger partial charge in [-0.05, 0) is 38.3 Å². The molecule has 0 radical (unpaired) electrons. The van der Waals surface area contributed by atoms with Crippen molar-refractivity contribution in [1.82, 2.24) is 4.98 Å². The molecule has 0 amide bonds. The number of H-pyrrole nitrogens is 1. The van der Waals surface area contributed by atoms with Crippen LogP contribution in [0.4, 0.5) is 0 Å². The summed E-state index contributed by atoms with van der Waals surface area (Å²) in [5.41, 5.74) is 4.64. The number of nitrogens with one attached hydrogen (secondary N) is 1. The Hall–Kier alpha value is -0.760. The molecule has 1 heterocycles. The van der Waals surface area contributed by atoms with E-state index in [9.17, 15) is 5.11 Å². The average Bonchev–Trinajstić information content (AvgIpc) is 2.33. The lowest BCUT2D eigenvalue weighted by Crippen LogP contribution is -1.99. The lowest BCUT2D eigenvalue weighted by Gasteiger charge is -2.08. The highest BCUT2D eigenvalue weighted by molar-refractivity contribution is 5.35. The number of aliphatic hydroxyl groups excluding tert-OH is 1. The van der Waals surface area contributed by atoms with E-state index in [0.717, 1.165) is 18.5 Å². The van der Waals surface area contributed by atoms with Gasteiger partial charge in [0, 0.05) is 11.4 Å². The number of hydrogen-bond donors (Lipinski definition) is 2. The number of rotatable bonds is 3. The maximum Gasteiger partial charge on any atom is 0.0940 e. The fraction of sp³-hybridized carbons (Fsp3) is 0.636. The van der Waals surface area contributed by atoms with Crippen LogP contribution in [0.1, 0.15) is 48.4 Å². The Morgan fingerprint density at radius 3 is 2.23 bits per heavy atom. The Bertz CT molecular complexity index is 289. The molecule has 74 valence electrons. The molecule has 0 aliphatic carbocycles. The summed E-state index contributed by atoms with van der Waals surface area (Å²) >= 11 is 0. The first-order chi connectivity index (χ1) is 6.07. The van der Waals surface area contributed by atoms with Crippen LogP contribution >= 0.6 is 0 Å². The molecule has 1 aromatic heterocycles. The minimum absolute atomic E-state index is 0.322.